The van der Waals surface area contributed by atoms with E-state index in [9.17, 15) is 0 Å². The molecule has 1 unspecified atom stereocenters. The maximum absolute atomic E-state index is 5.35. The maximum atomic E-state index is 5.35. The molecule has 0 amide bonds. The van der Waals surface area contributed by atoms with Crippen LogP contribution in [0.1, 0.15) is 19.6 Å². The minimum Gasteiger partial charge on any atom is -0.468 e. The molecule has 0 aliphatic heterocycles. The zero-order chi connectivity index (χ0) is 12.5. The number of likely N-dealkylation sites (N-methyl/N-ethyl adjacent to an activating group) is 1. The van der Waals surface area contributed by atoms with Gasteiger partial charge in [0.05, 0.1) is 19.4 Å². The third-order valence-electron chi connectivity index (χ3n) is 2.74. The van der Waals surface area contributed by atoms with E-state index in [1.807, 2.05) is 12.1 Å². The lowest BCUT2D eigenvalue weighted by atomic mass is 10.3. The molecule has 4 nitrogen and oxygen atoms in total. The molecule has 0 saturated carbocycles. The first-order valence-electron chi connectivity index (χ1n) is 6.23. The minimum atomic E-state index is 0.405. The molecule has 0 aliphatic rings. The molecule has 1 heterocycles. The highest BCUT2D eigenvalue weighted by atomic mass is 16.5. The number of rotatable bonds is 9. The summed E-state index contributed by atoms with van der Waals surface area (Å²) < 4.78 is 10.4. The van der Waals surface area contributed by atoms with Gasteiger partial charge in [-0.2, -0.15) is 0 Å². The Balaban J connectivity index is 2.18. The van der Waals surface area contributed by atoms with Gasteiger partial charge in [0.15, 0.2) is 0 Å². The number of methoxy groups -OCH3 is 1. The number of hydrogen-bond acceptors (Lipinski definition) is 4. The first-order chi connectivity index (χ1) is 8.26. The van der Waals surface area contributed by atoms with E-state index in [-0.39, 0.29) is 0 Å². The van der Waals surface area contributed by atoms with Gasteiger partial charge in [-0.3, -0.25) is 4.90 Å². The second-order valence-corrected chi connectivity index (χ2v) is 4.26. The number of furan rings is 1. The summed E-state index contributed by atoms with van der Waals surface area (Å²) in [6.07, 6.45) is 1.72. The van der Waals surface area contributed by atoms with E-state index in [0.717, 1.165) is 38.5 Å². The summed E-state index contributed by atoms with van der Waals surface area (Å²) in [5.74, 6) is 1.02. The van der Waals surface area contributed by atoms with Crippen LogP contribution in [-0.2, 0) is 11.3 Å². The van der Waals surface area contributed by atoms with Crippen molar-refractivity contribution >= 4 is 0 Å². The van der Waals surface area contributed by atoms with E-state index >= 15 is 0 Å². The Labute approximate surface area is 104 Å². The second kappa shape index (κ2) is 8.28. The van der Waals surface area contributed by atoms with Crippen molar-refractivity contribution in [2.24, 2.45) is 0 Å². The van der Waals surface area contributed by atoms with E-state index in [2.05, 4.69) is 24.1 Å². The van der Waals surface area contributed by atoms with Crippen molar-refractivity contribution in [1.82, 2.24) is 10.2 Å². The Morgan fingerprint density at radius 1 is 1.53 bits per heavy atom. The highest BCUT2D eigenvalue weighted by Gasteiger charge is 2.06. The van der Waals surface area contributed by atoms with E-state index in [0.29, 0.717) is 6.04 Å². The molecule has 0 aliphatic carbocycles. The maximum Gasteiger partial charge on any atom is 0.117 e. The van der Waals surface area contributed by atoms with Gasteiger partial charge in [0, 0.05) is 26.2 Å². The molecule has 1 aromatic rings. The smallest absolute Gasteiger partial charge is 0.117 e. The molecule has 17 heavy (non-hydrogen) atoms. The van der Waals surface area contributed by atoms with Gasteiger partial charge in [0.1, 0.15) is 5.76 Å². The average molecular weight is 240 g/mol. The Hall–Kier alpha value is -0.840. The molecule has 1 rings (SSSR count). The van der Waals surface area contributed by atoms with Crippen LogP contribution in [-0.4, -0.2) is 44.3 Å². The molecule has 1 N–H and O–H groups in total. The first kappa shape index (κ1) is 14.2. The van der Waals surface area contributed by atoms with Gasteiger partial charge in [-0.1, -0.05) is 6.92 Å². The molecule has 0 bridgehead atoms. The van der Waals surface area contributed by atoms with Crippen LogP contribution in [0.3, 0.4) is 0 Å². The summed E-state index contributed by atoms with van der Waals surface area (Å²) in [5, 5.41) is 3.43. The Morgan fingerprint density at radius 2 is 2.35 bits per heavy atom. The van der Waals surface area contributed by atoms with Gasteiger partial charge in [-0.05, 0) is 25.6 Å². The van der Waals surface area contributed by atoms with Crippen LogP contribution < -0.4 is 5.32 Å². The third-order valence-corrected chi connectivity index (χ3v) is 2.74. The molecular formula is C13H24N2O2. The van der Waals surface area contributed by atoms with Gasteiger partial charge in [0.25, 0.3) is 0 Å². The molecule has 0 saturated heterocycles. The Kier molecular flexibility index (Phi) is 6.93. The Bertz CT molecular complexity index is 275. The molecule has 0 spiro atoms. The predicted molar refractivity (Wildman–Crippen MR) is 69.0 cm³/mol. The summed E-state index contributed by atoms with van der Waals surface area (Å²) in [4.78, 5) is 2.35. The van der Waals surface area contributed by atoms with Crippen molar-refractivity contribution in [2.75, 3.05) is 33.4 Å². The second-order valence-electron chi connectivity index (χ2n) is 4.26. The summed E-state index contributed by atoms with van der Waals surface area (Å²) >= 11 is 0. The lowest BCUT2D eigenvalue weighted by Gasteiger charge is -2.20. The molecule has 0 radical (unpaired) electrons. The van der Waals surface area contributed by atoms with E-state index < -0.39 is 0 Å². The predicted octanol–water partition coefficient (Wildman–Crippen LogP) is 1.73. The van der Waals surface area contributed by atoms with Gasteiger partial charge < -0.3 is 14.5 Å². The fourth-order valence-corrected chi connectivity index (χ4v) is 1.75. The largest absolute Gasteiger partial charge is 0.468 e. The van der Waals surface area contributed by atoms with Crippen LogP contribution in [0, 0.1) is 0 Å². The van der Waals surface area contributed by atoms with Gasteiger partial charge >= 0.3 is 0 Å². The minimum absolute atomic E-state index is 0.405. The van der Waals surface area contributed by atoms with Crippen molar-refractivity contribution < 1.29 is 9.15 Å². The topological polar surface area (TPSA) is 37.6 Å². The molecule has 0 aromatic carbocycles. The zero-order valence-corrected chi connectivity index (χ0v) is 11.1. The lowest BCUT2D eigenvalue weighted by Crippen LogP contribution is -2.37. The summed E-state index contributed by atoms with van der Waals surface area (Å²) in [6, 6.07) is 4.36. The molecule has 1 aromatic heterocycles. The fraction of sp³-hybridized carbons (Fsp3) is 0.692. The SMILES string of the molecule is CCN(CCNC(C)COC)Cc1ccco1. The zero-order valence-electron chi connectivity index (χ0n) is 11.1. The molecule has 98 valence electrons. The van der Waals surface area contributed by atoms with Crippen molar-refractivity contribution in [3.63, 3.8) is 0 Å². The standard InChI is InChI=1S/C13H24N2O2/c1-4-15(10-13-6-5-9-17-13)8-7-14-12(2)11-16-3/h5-6,9,12,14H,4,7-8,10-11H2,1-3H3. The number of ether oxygens (including phenoxy) is 1. The van der Waals surface area contributed by atoms with Crippen LogP contribution in [0.4, 0.5) is 0 Å². The van der Waals surface area contributed by atoms with Crippen molar-refractivity contribution in [2.45, 2.75) is 26.4 Å². The molecule has 1 atom stereocenters. The van der Waals surface area contributed by atoms with Crippen LogP contribution >= 0.6 is 0 Å². The van der Waals surface area contributed by atoms with Crippen LogP contribution in [0.5, 0.6) is 0 Å². The van der Waals surface area contributed by atoms with Crippen LogP contribution in [0.15, 0.2) is 22.8 Å². The number of hydrogen-bond donors (Lipinski definition) is 1. The number of nitrogens with one attached hydrogen (secondary N) is 1. The Morgan fingerprint density at radius 3 is 2.94 bits per heavy atom. The van der Waals surface area contributed by atoms with Crippen molar-refractivity contribution in [3.05, 3.63) is 24.2 Å². The quantitative estimate of drug-likeness (QED) is 0.713. The highest BCUT2D eigenvalue weighted by Crippen LogP contribution is 2.04. The summed E-state index contributed by atoms with van der Waals surface area (Å²) in [7, 11) is 1.73. The molecule has 4 heteroatoms. The summed E-state index contributed by atoms with van der Waals surface area (Å²) in [5.41, 5.74) is 0. The fourth-order valence-electron chi connectivity index (χ4n) is 1.75. The average Bonchev–Trinajstić information content (AvgIpc) is 2.81. The lowest BCUT2D eigenvalue weighted by molar-refractivity contribution is 0.168. The molecular weight excluding hydrogens is 216 g/mol. The number of nitrogens with zero attached hydrogens (tertiary/aromatic N) is 1. The van der Waals surface area contributed by atoms with Crippen molar-refractivity contribution in [3.8, 4) is 0 Å². The first-order valence-corrected chi connectivity index (χ1v) is 6.23. The van der Waals surface area contributed by atoms with Crippen molar-refractivity contribution in [1.29, 1.82) is 0 Å². The van der Waals surface area contributed by atoms with E-state index in [1.54, 1.807) is 13.4 Å². The third kappa shape index (κ3) is 5.86. The molecule has 0 fully saturated rings. The summed E-state index contributed by atoms with van der Waals surface area (Å²) in [6.45, 7) is 8.95. The monoisotopic (exact) mass is 240 g/mol. The van der Waals surface area contributed by atoms with Gasteiger partial charge in [-0.25, -0.2) is 0 Å². The van der Waals surface area contributed by atoms with E-state index in [4.69, 9.17) is 9.15 Å². The van der Waals surface area contributed by atoms with Gasteiger partial charge in [-0.15, -0.1) is 0 Å². The van der Waals surface area contributed by atoms with Crippen LogP contribution in [0.2, 0.25) is 0 Å². The normalized spacial score (nSPS) is 13.2. The highest BCUT2D eigenvalue weighted by molar-refractivity contribution is 4.97. The van der Waals surface area contributed by atoms with Gasteiger partial charge in [0.2, 0.25) is 0 Å². The van der Waals surface area contributed by atoms with E-state index in [1.165, 1.54) is 0 Å². The van der Waals surface area contributed by atoms with Crippen LogP contribution in [0.25, 0.3) is 0 Å².